The predicted molar refractivity (Wildman–Crippen MR) is 108 cm³/mol. The lowest BCUT2D eigenvalue weighted by Gasteiger charge is -2.26. The molecule has 2 heterocycles. The van der Waals surface area contributed by atoms with Crippen LogP contribution in [-0.4, -0.2) is 46.3 Å². The molecule has 0 atom stereocenters. The minimum absolute atomic E-state index is 0.0960. The summed E-state index contributed by atoms with van der Waals surface area (Å²) in [5, 5.41) is 12.7. The second-order valence-electron chi connectivity index (χ2n) is 7.46. The summed E-state index contributed by atoms with van der Waals surface area (Å²) in [7, 11) is 3.13. The van der Waals surface area contributed by atoms with Crippen LogP contribution in [0, 0.1) is 6.92 Å². The highest BCUT2D eigenvalue weighted by molar-refractivity contribution is 6.16. The van der Waals surface area contributed by atoms with Crippen LogP contribution in [0.2, 0.25) is 0 Å². The highest BCUT2D eigenvalue weighted by Gasteiger charge is 2.33. The molecule has 2 aliphatic heterocycles. The first kappa shape index (κ1) is 20.3. The first-order valence-corrected chi connectivity index (χ1v) is 9.93. The topological polar surface area (TPSA) is 81.5 Å². The molecule has 7 nitrogen and oxygen atoms in total. The summed E-state index contributed by atoms with van der Waals surface area (Å²) in [6, 6.07) is 6.87. The fraction of sp³-hybridized carbons (Fsp3) is 0.348. The molecular weight excluding hydrogens is 386 g/mol. The quantitative estimate of drug-likeness (QED) is 0.743. The molecule has 0 amide bonds. The third-order valence-electron chi connectivity index (χ3n) is 5.56. The van der Waals surface area contributed by atoms with Crippen molar-refractivity contribution in [1.29, 1.82) is 0 Å². The van der Waals surface area contributed by atoms with Gasteiger partial charge < -0.3 is 29.0 Å². The van der Waals surface area contributed by atoms with Gasteiger partial charge in [0, 0.05) is 17.2 Å². The van der Waals surface area contributed by atoms with E-state index in [4.69, 9.17) is 18.9 Å². The zero-order valence-electron chi connectivity index (χ0n) is 17.4. The molecule has 0 saturated carbocycles. The number of quaternary nitrogens is 1. The number of benzene rings is 2. The number of Topliss-reactive ketones (excluding diaryl/α,β-unsaturated/α-hetero) is 1. The fourth-order valence-electron chi connectivity index (χ4n) is 3.90. The molecule has 158 valence electrons. The number of allylic oxidation sites excluding steroid dienone is 1. The lowest BCUT2D eigenvalue weighted by atomic mass is 9.99. The Kier molecular flexibility index (Phi) is 5.65. The van der Waals surface area contributed by atoms with E-state index in [1.54, 1.807) is 45.4 Å². The van der Waals surface area contributed by atoms with Crippen molar-refractivity contribution in [2.24, 2.45) is 0 Å². The van der Waals surface area contributed by atoms with Crippen molar-refractivity contribution >= 4 is 11.9 Å². The Hall–Kier alpha value is -3.03. The Morgan fingerprint density at radius 1 is 1.17 bits per heavy atom. The Balaban J connectivity index is 1.71. The van der Waals surface area contributed by atoms with Crippen LogP contribution in [0.3, 0.4) is 0 Å². The molecule has 1 saturated heterocycles. The van der Waals surface area contributed by atoms with Gasteiger partial charge in [-0.15, -0.1) is 0 Å². The molecule has 1 N–H and O–H groups in total. The normalized spacial score (nSPS) is 17.7. The van der Waals surface area contributed by atoms with Crippen LogP contribution >= 0.6 is 0 Å². The van der Waals surface area contributed by atoms with Crippen molar-refractivity contribution in [3.05, 3.63) is 52.3 Å². The molecule has 0 aliphatic carbocycles. The lowest BCUT2D eigenvalue weighted by Crippen LogP contribution is -3.12. The summed E-state index contributed by atoms with van der Waals surface area (Å²) in [6.45, 7) is 5.25. The minimum atomic E-state index is -0.224. The smallest absolute Gasteiger partial charge is 0.232 e. The van der Waals surface area contributed by atoms with E-state index in [9.17, 15) is 9.90 Å². The van der Waals surface area contributed by atoms with Gasteiger partial charge in [-0.05, 0) is 30.7 Å². The summed E-state index contributed by atoms with van der Waals surface area (Å²) in [5.41, 5.74) is 2.34. The van der Waals surface area contributed by atoms with Crippen LogP contribution in [0.5, 0.6) is 23.0 Å². The monoisotopic (exact) mass is 411 g/mol. The van der Waals surface area contributed by atoms with Crippen molar-refractivity contribution in [1.82, 2.24) is 0 Å². The predicted octanol–water partition coefficient (Wildman–Crippen LogP) is 1.12. The molecule has 0 bridgehead atoms. The molecule has 0 unspecified atom stereocenters. The Morgan fingerprint density at radius 3 is 2.63 bits per heavy atom. The average molecular weight is 411 g/mol. The Labute approximate surface area is 175 Å². The van der Waals surface area contributed by atoms with Gasteiger partial charge in [0.25, 0.3) is 0 Å². The van der Waals surface area contributed by atoms with E-state index in [0.29, 0.717) is 59.3 Å². The second kappa shape index (κ2) is 8.38. The van der Waals surface area contributed by atoms with E-state index in [2.05, 4.69) is 0 Å². The van der Waals surface area contributed by atoms with Crippen LogP contribution < -0.4 is 24.2 Å². The van der Waals surface area contributed by atoms with E-state index in [1.807, 2.05) is 0 Å². The van der Waals surface area contributed by atoms with Gasteiger partial charge in [-0.3, -0.25) is 4.79 Å². The van der Waals surface area contributed by atoms with E-state index in [0.717, 1.165) is 13.1 Å². The van der Waals surface area contributed by atoms with E-state index < -0.39 is 0 Å². The number of aryl methyl sites for hydroxylation is 1. The Morgan fingerprint density at radius 2 is 1.93 bits per heavy atom. The molecule has 0 spiro atoms. The number of methoxy groups -OCH3 is 2. The van der Waals surface area contributed by atoms with Crippen LogP contribution in [0.4, 0.5) is 0 Å². The van der Waals surface area contributed by atoms with E-state index in [-0.39, 0.29) is 17.3 Å². The number of rotatable bonds is 5. The van der Waals surface area contributed by atoms with Gasteiger partial charge in [0.2, 0.25) is 5.78 Å². The number of morpholine rings is 1. The first-order chi connectivity index (χ1) is 14.5. The largest absolute Gasteiger partial charge is 0.872 e. The third kappa shape index (κ3) is 3.74. The van der Waals surface area contributed by atoms with Crippen molar-refractivity contribution in [3.8, 4) is 23.0 Å². The zero-order valence-corrected chi connectivity index (χ0v) is 17.4. The summed E-state index contributed by atoms with van der Waals surface area (Å²) >= 11 is 0. The van der Waals surface area contributed by atoms with Crippen LogP contribution in [-0.2, 0) is 11.3 Å². The maximum atomic E-state index is 13.1. The second-order valence-corrected chi connectivity index (χ2v) is 7.46. The number of nitrogens with one attached hydrogen (secondary N) is 1. The number of carbonyl (C=O) groups is 1. The molecule has 7 heteroatoms. The molecule has 4 rings (SSSR count). The van der Waals surface area contributed by atoms with Crippen LogP contribution in [0.15, 0.2) is 30.0 Å². The highest BCUT2D eigenvalue weighted by atomic mass is 16.5. The maximum absolute atomic E-state index is 13.1. The SMILES string of the molecule is COc1ccc(C=C2Oc3c(C[NH+]4CCOCC4)c([O-])cc(C)c3C2=O)c(OC)c1. The highest BCUT2D eigenvalue weighted by Crippen LogP contribution is 2.41. The maximum Gasteiger partial charge on any atom is 0.232 e. The molecule has 30 heavy (non-hydrogen) atoms. The molecule has 2 aliphatic rings. The van der Waals surface area contributed by atoms with Crippen molar-refractivity contribution in [2.75, 3.05) is 40.5 Å². The summed E-state index contributed by atoms with van der Waals surface area (Å²) in [4.78, 5) is 14.4. The molecule has 1 fully saturated rings. The van der Waals surface area contributed by atoms with Crippen molar-refractivity contribution in [2.45, 2.75) is 13.5 Å². The van der Waals surface area contributed by atoms with Gasteiger partial charge in [-0.2, -0.15) is 0 Å². The van der Waals surface area contributed by atoms with Gasteiger partial charge in [-0.1, -0.05) is 11.8 Å². The summed E-state index contributed by atoms with van der Waals surface area (Å²) in [5.74, 6) is 1.47. The standard InChI is InChI=1S/C23H25NO6/c1-14-10-18(25)17(13-24-6-8-29-9-7-24)23-21(14)22(26)20(30-23)11-15-4-5-16(27-2)12-19(15)28-3/h4-5,10-12,25H,6-9,13H2,1-3H3. The summed E-state index contributed by atoms with van der Waals surface area (Å²) < 4.78 is 22.0. The van der Waals surface area contributed by atoms with E-state index in [1.165, 1.54) is 11.0 Å². The number of ketones is 1. The van der Waals surface area contributed by atoms with Crippen LogP contribution in [0.1, 0.15) is 27.0 Å². The first-order valence-electron chi connectivity index (χ1n) is 9.93. The van der Waals surface area contributed by atoms with Crippen molar-refractivity contribution in [3.63, 3.8) is 0 Å². The van der Waals surface area contributed by atoms with Gasteiger partial charge in [0.05, 0.1) is 33.0 Å². The number of ether oxygens (including phenoxy) is 4. The molecular formula is C23H25NO6. The Bertz CT molecular complexity index is 1010. The molecule has 0 radical (unpaired) electrons. The van der Waals surface area contributed by atoms with Gasteiger partial charge in [-0.25, -0.2) is 0 Å². The van der Waals surface area contributed by atoms with Crippen LogP contribution in [0.25, 0.3) is 6.08 Å². The number of hydrogen-bond donors (Lipinski definition) is 1. The lowest BCUT2D eigenvalue weighted by molar-refractivity contribution is -0.921. The zero-order chi connectivity index (χ0) is 21.3. The number of fused-ring (bicyclic) bond motifs is 1. The molecule has 2 aromatic rings. The average Bonchev–Trinajstić information content (AvgIpc) is 3.08. The molecule has 2 aromatic carbocycles. The number of carbonyl (C=O) groups excluding carboxylic acids is 1. The van der Waals surface area contributed by atoms with Crippen molar-refractivity contribution < 1.29 is 33.7 Å². The number of hydrogen-bond acceptors (Lipinski definition) is 6. The van der Waals surface area contributed by atoms with Gasteiger partial charge in [0.15, 0.2) is 5.76 Å². The molecule has 0 aromatic heterocycles. The fourth-order valence-corrected chi connectivity index (χ4v) is 3.90. The van der Waals surface area contributed by atoms with Gasteiger partial charge >= 0.3 is 0 Å². The van der Waals surface area contributed by atoms with E-state index >= 15 is 0 Å². The minimum Gasteiger partial charge on any atom is -0.872 e. The third-order valence-corrected chi connectivity index (χ3v) is 5.56. The summed E-state index contributed by atoms with van der Waals surface area (Å²) in [6.07, 6.45) is 1.65. The van der Waals surface area contributed by atoms with Gasteiger partial charge in [0.1, 0.15) is 36.9 Å².